The highest BCUT2D eigenvalue weighted by Gasteiger charge is 2.23. The van der Waals surface area contributed by atoms with E-state index in [4.69, 9.17) is 9.47 Å². The third-order valence-electron chi connectivity index (χ3n) is 4.43. The van der Waals surface area contributed by atoms with Crippen molar-refractivity contribution in [2.75, 3.05) is 20.8 Å². The summed E-state index contributed by atoms with van der Waals surface area (Å²) in [5, 5.41) is 5.84. The minimum Gasteiger partial charge on any atom is -0.493 e. The van der Waals surface area contributed by atoms with Crippen LogP contribution in [0.1, 0.15) is 30.5 Å². The average molecular weight is 356 g/mol. The Morgan fingerprint density at radius 3 is 2.23 bits per heavy atom. The second-order valence-electron chi connectivity index (χ2n) is 6.98. The first-order chi connectivity index (χ1) is 12.4. The van der Waals surface area contributed by atoms with Gasteiger partial charge in [0, 0.05) is 18.5 Å². The highest BCUT2D eigenvalue weighted by atomic mass is 16.5. The summed E-state index contributed by atoms with van der Waals surface area (Å²) in [6, 6.07) is 13.8. The molecular weight excluding hydrogens is 328 g/mol. The Labute approximate surface area is 155 Å². The van der Waals surface area contributed by atoms with Crippen molar-refractivity contribution in [1.29, 1.82) is 0 Å². The van der Waals surface area contributed by atoms with Crippen LogP contribution >= 0.6 is 0 Å². The molecule has 5 heteroatoms. The zero-order valence-corrected chi connectivity index (χ0v) is 16.2. The van der Waals surface area contributed by atoms with E-state index in [1.54, 1.807) is 14.2 Å². The summed E-state index contributed by atoms with van der Waals surface area (Å²) < 4.78 is 10.6. The molecule has 0 saturated heterocycles. The second kappa shape index (κ2) is 8.61. The van der Waals surface area contributed by atoms with Gasteiger partial charge in [0.15, 0.2) is 11.5 Å². The van der Waals surface area contributed by atoms with E-state index in [2.05, 4.69) is 24.5 Å². The zero-order valence-electron chi connectivity index (χ0n) is 16.2. The zero-order chi connectivity index (χ0) is 19.2. The Bertz CT molecular complexity index is 739. The van der Waals surface area contributed by atoms with Gasteiger partial charge in [-0.25, -0.2) is 4.79 Å². The molecule has 2 N–H and O–H groups in total. The number of urea groups is 1. The van der Waals surface area contributed by atoms with Crippen LogP contribution in [0.25, 0.3) is 0 Å². The molecule has 0 fully saturated rings. The highest BCUT2D eigenvalue weighted by molar-refractivity contribution is 5.74. The number of methoxy groups -OCH3 is 2. The van der Waals surface area contributed by atoms with Gasteiger partial charge in [-0.15, -0.1) is 0 Å². The molecule has 0 aliphatic carbocycles. The molecule has 0 spiro atoms. The smallest absolute Gasteiger partial charge is 0.315 e. The summed E-state index contributed by atoms with van der Waals surface area (Å²) >= 11 is 0. The number of carbonyl (C=O) groups excluding carboxylic acids is 1. The van der Waals surface area contributed by atoms with E-state index in [-0.39, 0.29) is 11.4 Å². The Hall–Kier alpha value is -2.69. The number of aryl methyl sites for hydroxylation is 1. The van der Waals surface area contributed by atoms with E-state index >= 15 is 0 Å². The Balaban J connectivity index is 1.92. The Kier molecular flexibility index (Phi) is 6.50. The lowest BCUT2D eigenvalue weighted by atomic mass is 9.84. The molecule has 2 rings (SSSR count). The van der Waals surface area contributed by atoms with E-state index in [0.29, 0.717) is 24.6 Å². The summed E-state index contributed by atoms with van der Waals surface area (Å²) in [7, 11) is 3.23. The van der Waals surface area contributed by atoms with E-state index in [1.807, 2.05) is 49.4 Å². The van der Waals surface area contributed by atoms with Crippen LogP contribution in [0.3, 0.4) is 0 Å². The lowest BCUT2D eigenvalue weighted by Gasteiger charge is -2.26. The Morgan fingerprint density at radius 2 is 1.62 bits per heavy atom. The van der Waals surface area contributed by atoms with Crippen molar-refractivity contribution in [2.24, 2.45) is 0 Å². The summed E-state index contributed by atoms with van der Waals surface area (Å²) in [5.74, 6) is 1.37. The van der Waals surface area contributed by atoms with Gasteiger partial charge in [0.25, 0.3) is 0 Å². The van der Waals surface area contributed by atoms with Crippen LogP contribution in [-0.4, -0.2) is 26.8 Å². The first-order valence-corrected chi connectivity index (χ1v) is 8.65. The summed E-state index contributed by atoms with van der Waals surface area (Å²) in [5.41, 5.74) is 3.09. The van der Waals surface area contributed by atoms with Gasteiger partial charge in [0.2, 0.25) is 0 Å². The van der Waals surface area contributed by atoms with Gasteiger partial charge in [0.1, 0.15) is 0 Å². The van der Waals surface area contributed by atoms with Crippen molar-refractivity contribution in [1.82, 2.24) is 10.6 Å². The maximum absolute atomic E-state index is 12.1. The van der Waals surface area contributed by atoms with E-state index < -0.39 is 0 Å². The molecule has 0 radical (unpaired) electrons. The fourth-order valence-corrected chi connectivity index (χ4v) is 2.61. The van der Waals surface area contributed by atoms with Crippen molar-refractivity contribution >= 4 is 6.03 Å². The number of benzene rings is 2. The number of hydrogen-bond donors (Lipinski definition) is 2. The van der Waals surface area contributed by atoms with Crippen LogP contribution in [-0.2, 0) is 12.0 Å². The lowest BCUT2D eigenvalue weighted by Crippen LogP contribution is -2.42. The van der Waals surface area contributed by atoms with Crippen LogP contribution in [0.15, 0.2) is 42.5 Å². The molecule has 2 amide bonds. The Morgan fingerprint density at radius 1 is 0.962 bits per heavy atom. The molecule has 2 aromatic carbocycles. The van der Waals surface area contributed by atoms with Crippen LogP contribution in [0.5, 0.6) is 11.5 Å². The minimum atomic E-state index is -0.249. The first kappa shape index (κ1) is 19.6. The predicted molar refractivity (Wildman–Crippen MR) is 104 cm³/mol. The normalized spacial score (nSPS) is 11.0. The molecule has 140 valence electrons. The highest BCUT2D eigenvalue weighted by Crippen LogP contribution is 2.32. The summed E-state index contributed by atoms with van der Waals surface area (Å²) in [6.45, 7) is 7.20. The fraction of sp³-hybridized carbons (Fsp3) is 0.381. The van der Waals surface area contributed by atoms with Gasteiger partial charge in [-0.05, 0) is 30.2 Å². The summed E-state index contributed by atoms with van der Waals surface area (Å²) in [4.78, 5) is 12.1. The molecule has 0 aliphatic rings. The van der Waals surface area contributed by atoms with Gasteiger partial charge in [-0.3, -0.25) is 0 Å². The maximum atomic E-state index is 12.1. The van der Waals surface area contributed by atoms with Crippen LogP contribution in [0.4, 0.5) is 4.79 Å². The standard InChI is InChI=1S/C21H28N2O3/c1-15-6-8-16(9-7-15)13-22-20(24)23-14-21(2,3)17-10-11-18(25-4)19(12-17)26-5/h6-12H,13-14H2,1-5H3,(H2,22,23,24). The first-order valence-electron chi connectivity index (χ1n) is 8.65. The molecule has 0 saturated carbocycles. The molecule has 0 unspecified atom stereocenters. The van der Waals surface area contributed by atoms with Crippen molar-refractivity contribution in [3.8, 4) is 11.5 Å². The number of ether oxygens (including phenoxy) is 2. The van der Waals surface area contributed by atoms with Crippen molar-refractivity contribution < 1.29 is 14.3 Å². The third kappa shape index (κ3) is 5.15. The van der Waals surface area contributed by atoms with Gasteiger partial charge in [-0.2, -0.15) is 0 Å². The number of carbonyl (C=O) groups is 1. The number of hydrogen-bond acceptors (Lipinski definition) is 3. The van der Waals surface area contributed by atoms with E-state index in [1.165, 1.54) is 5.56 Å². The topological polar surface area (TPSA) is 59.6 Å². The molecule has 0 atom stereocenters. The molecule has 26 heavy (non-hydrogen) atoms. The van der Waals surface area contributed by atoms with E-state index in [9.17, 15) is 4.79 Å². The van der Waals surface area contributed by atoms with E-state index in [0.717, 1.165) is 11.1 Å². The molecule has 0 aliphatic heterocycles. The van der Waals surface area contributed by atoms with Gasteiger partial charge in [-0.1, -0.05) is 49.7 Å². The fourth-order valence-electron chi connectivity index (χ4n) is 2.61. The van der Waals surface area contributed by atoms with Crippen molar-refractivity contribution in [3.63, 3.8) is 0 Å². The molecule has 2 aromatic rings. The number of amides is 2. The molecule has 5 nitrogen and oxygen atoms in total. The van der Waals surface area contributed by atoms with Gasteiger partial charge < -0.3 is 20.1 Å². The van der Waals surface area contributed by atoms with Crippen LogP contribution < -0.4 is 20.1 Å². The van der Waals surface area contributed by atoms with Crippen molar-refractivity contribution in [2.45, 2.75) is 32.7 Å². The number of nitrogens with one attached hydrogen (secondary N) is 2. The van der Waals surface area contributed by atoms with Gasteiger partial charge in [0.05, 0.1) is 14.2 Å². The number of rotatable bonds is 7. The monoisotopic (exact) mass is 356 g/mol. The molecule has 0 heterocycles. The van der Waals surface area contributed by atoms with Crippen molar-refractivity contribution in [3.05, 3.63) is 59.2 Å². The molecule has 0 bridgehead atoms. The summed E-state index contributed by atoms with van der Waals surface area (Å²) in [6.07, 6.45) is 0. The minimum absolute atomic E-state index is 0.181. The average Bonchev–Trinajstić information content (AvgIpc) is 2.65. The van der Waals surface area contributed by atoms with Crippen LogP contribution in [0.2, 0.25) is 0 Å². The third-order valence-corrected chi connectivity index (χ3v) is 4.43. The second-order valence-corrected chi connectivity index (χ2v) is 6.98. The molecule has 0 aromatic heterocycles. The largest absolute Gasteiger partial charge is 0.493 e. The maximum Gasteiger partial charge on any atom is 0.315 e. The quantitative estimate of drug-likeness (QED) is 0.793. The molecular formula is C21H28N2O3. The lowest BCUT2D eigenvalue weighted by molar-refractivity contribution is 0.238. The van der Waals surface area contributed by atoms with Crippen LogP contribution in [0, 0.1) is 6.92 Å². The SMILES string of the molecule is COc1ccc(C(C)(C)CNC(=O)NCc2ccc(C)cc2)cc1OC. The van der Waals surface area contributed by atoms with Gasteiger partial charge >= 0.3 is 6.03 Å². The predicted octanol–water partition coefficient (Wildman–Crippen LogP) is 3.79.